The van der Waals surface area contributed by atoms with Crippen LogP contribution in [0.1, 0.15) is 30.3 Å². The molecular formula is C26H26N4OS. The fourth-order valence-electron chi connectivity index (χ4n) is 2.99. The van der Waals surface area contributed by atoms with Crippen LogP contribution in [-0.4, -0.2) is 28.6 Å². The Hall–Kier alpha value is -3.51. The Bertz CT molecular complexity index is 1110. The zero-order chi connectivity index (χ0) is 22.6. The van der Waals surface area contributed by atoms with Crippen molar-refractivity contribution in [3.05, 3.63) is 113 Å². The van der Waals surface area contributed by atoms with Crippen LogP contribution in [0.2, 0.25) is 0 Å². The van der Waals surface area contributed by atoms with Crippen LogP contribution in [0, 0.1) is 0 Å². The monoisotopic (exact) mass is 442 g/mol. The first kappa shape index (κ1) is 23.2. The summed E-state index contributed by atoms with van der Waals surface area (Å²) in [4.78, 5) is 27.4. The number of aromatic nitrogens is 2. The van der Waals surface area contributed by atoms with Gasteiger partial charge in [0.2, 0.25) is 5.91 Å². The van der Waals surface area contributed by atoms with E-state index in [0.717, 1.165) is 32.5 Å². The van der Waals surface area contributed by atoms with E-state index in [0.29, 0.717) is 13.0 Å². The fourth-order valence-corrected chi connectivity index (χ4v) is 3.95. The van der Waals surface area contributed by atoms with Gasteiger partial charge in [0, 0.05) is 41.2 Å². The van der Waals surface area contributed by atoms with Gasteiger partial charge in [-0.05, 0) is 37.3 Å². The molecule has 5 nitrogen and oxygen atoms in total. The second-order valence-electron chi connectivity index (χ2n) is 6.78. The Labute approximate surface area is 193 Å². The molecule has 0 spiro atoms. The standard InChI is InChI=1S/C26H26N4OS/c1-3-21(12-10-16-25(31)30-19-20-11-6-8-17-28-20)32-24-15-5-4-13-22(24)26(27-2)23-14-7-9-18-29-23/h3-15,17-18H,16,19H2,1-2H3,(H,30,31)/b12-10-,21-3+,27-26?. The molecule has 2 aromatic heterocycles. The highest BCUT2D eigenvalue weighted by Gasteiger charge is 2.13. The van der Waals surface area contributed by atoms with E-state index in [2.05, 4.69) is 32.4 Å². The molecule has 32 heavy (non-hydrogen) atoms. The first-order valence-corrected chi connectivity index (χ1v) is 11.2. The minimum Gasteiger partial charge on any atom is -0.350 e. The van der Waals surface area contributed by atoms with Gasteiger partial charge in [0.15, 0.2) is 0 Å². The number of carbonyl (C=O) groups excluding carboxylic acids is 1. The highest BCUT2D eigenvalue weighted by atomic mass is 32.2. The first-order chi connectivity index (χ1) is 15.7. The summed E-state index contributed by atoms with van der Waals surface area (Å²) in [6.07, 6.45) is 9.69. The molecule has 6 heteroatoms. The summed E-state index contributed by atoms with van der Waals surface area (Å²) >= 11 is 1.64. The van der Waals surface area contributed by atoms with Crippen LogP contribution in [0.25, 0.3) is 0 Å². The van der Waals surface area contributed by atoms with E-state index in [1.807, 2.05) is 73.7 Å². The molecule has 162 valence electrons. The predicted octanol–water partition coefficient (Wildman–Crippen LogP) is 5.20. The van der Waals surface area contributed by atoms with Crippen molar-refractivity contribution in [1.82, 2.24) is 15.3 Å². The summed E-state index contributed by atoms with van der Waals surface area (Å²) in [5.74, 6) is -0.0386. The van der Waals surface area contributed by atoms with Crippen molar-refractivity contribution in [3.8, 4) is 0 Å². The average molecular weight is 443 g/mol. The van der Waals surface area contributed by atoms with Gasteiger partial charge in [-0.15, -0.1) is 0 Å². The van der Waals surface area contributed by atoms with Gasteiger partial charge in [-0.3, -0.25) is 19.8 Å². The van der Waals surface area contributed by atoms with Crippen LogP contribution in [0.15, 0.2) is 106 Å². The van der Waals surface area contributed by atoms with Crippen molar-refractivity contribution in [2.24, 2.45) is 4.99 Å². The molecule has 1 aromatic carbocycles. The summed E-state index contributed by atoms with van der Waals surface area (Å²) in [7, 11) is 1.78. The normalized spacial score (nSPS) is 12.2. The Balaban J connectivity index is 1.64. The molecule has 0 aliphatic rings. The Kier molecular flexibility index (Phi) is 8.95. The van der Waals surface area contributed by atoms with Gasteiger partial charge in [0.1, 0.15) is 0 Å². The third kappa shape index (κ3) is 6.75. The minimum absolute atomic E-state index is 0.0386. The lowest BCUT2D eigenvalue weighted by molar-refractivity contribution is -0.120. The van der Waals surface area contributed by atoms with Crippen LogP contribution in [0.3, 0.4) is 0 Å². The van der Waals surface area contributed by atoms with Gasteiger partial charge in [-0.1, -0.05) is 60.3 Å². The minimum atomic E-state index is -0.0386. The third-order valence-corrected chi connectivity index (χ3v) is 5.75. The Morgan fingerprint density at radius 3 is 2.47 bits per heavy atom. The van der Waals surface area contributed by atoms with Crippen molar-refractivity contribution < 1.29 is 4.79 Å². The number of carbonyl (C=O) groups is 1. The van der Waals surface area contributed by atoms with E-state index >= 15 is 0 Å². The predicted molar refractivity (Wildman–Crippen MR) is 132 cm³/mol. The first-order valence-electron chi connectivity index (χ1n) is 10.4. The number of pyridine rings is 2. The summed E-state index contributed by atoms with van der Waals surface area (Å²) in [5.41, 5.74) is 3.55. The number of hydrogen-bond donors (Lipinski definition) is 1. The van der Waals surface area contributed by atoms with Crippen LogP contribution in [-0.2, 0) is 11.3 Å². The summed E-state index contributed by atoms with van der Waals surface area (Å²) in [6, 6.07) is 19.6. The second kappa shape index (κ2) is 12.4. The van der Waals surface area contributed by atoms with Gasteiger partial charge in [0.25, 0.3) is 0 Å². The van der Waals surface area contributed by atoms with Gasteiger partial charge in [-0.2, -0.15) is 0 Å². The molecule has 0 fully saturated rings. The molecule has 3 rings (SSSR count). The van der Waals surface area contributed by atoms with Crippen molar-refractivity contribution in [2.75, 3.05) is 7.05 Å². The molecule has 1 N–H and O–H groups in total. The zero-order valence-electron chi connectivity index (χ0n) is 18.2. The van der Waals surface area contributed by atoms with Gasteiger partial charge < -0.3 is 5.32 Å². The van der Waals surface area contributed by atoms with E-state index in [9.17, 15) is 4.79 Å². The van der Waals surface area contributed by atoms with Crippen LogP contribution in [0.4, 0.5) is 0 Å². The van der Waals surface area contributed by atoms with Crippen LogP contribution in [0.5, 0.6) is 0 Å². The van der Waals surface area contributed by atoms with Crippen molar-refractivity contribution >= 4 is 23.4 Å². The number of amides is 1. The number of nitrogens with one attached hydrogen (secondary N) is 1. The molecule has 3 aromatic rings. The fraction of sp³-hybridized carbons (Fsp3) is 0.154. The molecule has 1 amide bonds. The number of allylic oxidation sites excluding steroid dienone is 2. The summed E-state index contributed by atoms with van der Waals surface area (Å²) in [6.45, 7) is 2.42. The van der Waals surface area contributed by atoms with E-state index in [4.69, 9.17) is 0 Å². The lowest BCUT2D eigenvalue weighted by atomic mass is 10.1. The van der Waals surface area contributed by atoms with E-state index in [1.54, 1.807) is 31.2 Å². The van der Waals surface area contributed by atoms with E-state index in [1.165, 1.54) is 0 Å². The van der Waals surface area contributed by atoms with Crippen molar-refractivity contribution in [3.63, 3.8) is 0 Å². The maximum atomic E-state index is 12.1. The summed E-state index contributed by atoms with van der Waals surface area (Å²) in [5, 5.41) is 2.89. The highest BCUT2D eigenvalue weighted by Crippen LogP contribution is 2.31. The van der Waals surface area contributed by atoms with Crippen molar-refractivity contribution in [2.45, 2.75) is 24.8 Å². The average Bonchev–Trinajstić information content (AvgIpc) is 2.85. The number of thioether (sulfide) groups is 1. The molecular weight excluding hydrogens is 416 g/mol. The quantitative estimate of drug-likeness (QED) is 0.281. The van der Waals surface area contributed by atoms with Crippen LogP contribution < -0.4 is 5.32 Å². The maximum absolute atomic E-state index is 12.1. The largest absolute Gasteiger partial charge is 0.350 e. The van der Waals surface area contributed by atoms with Gasteiger partial charge >= 0.3 is 0 Å². The van der Waals surface area contributed by atoms with Gasteiger partial charge in [0.05, 0.1) is 23.6 Å². The van der Waals surface area contributed by atoms with E-state index < -0.39 is 0 Å². The molecule has 0 saturated heterocycles. The molecule has 0 aliphatic carbocycles. The van der Waals surface area contributed by atoms with Gasteiger partial charge in [-0.25, -0.2) is 0 Å². The Morgan fingerprint density at radius 1 is 1.03 bits per heavy atom. The Morgan fingerprint density at radius 2 is 1.78 bits per heavy atom. The number of hydrogen-bond acceptors (Lipinski definition) is 5. The third-order valence-electron chi connectivity index (χ3n) is 4.56. The highest BCUT2D eigenvalue weighted by molar-refractivity contribution is 8.03. The lowest BCUT2D eigenvalue weighted by Crippen LogP contribution is -2.22. The topological polar surface area (TPSA) is 67.2 Å². The smallest absolute Gasteiger partial charge is 0.224 e. The van der Waals surface area contributed by atoms with Crippen LogP contribution >= 0.6 is 11.8 Å². The molecule has 0 atom stereocenters. The molecule has 0 unspecified atom stereocenters. The number of rotatable bonds is 9. The molecule has 0 aliphatic heterocycles. The number of aliphatic imine (C=N–C) groups is 1. The second-order valence-corrected chi connectivity index (χ2v) is 7.90. The number of benzene rings is 1. The molecule has 2 heterocycles. The summed E-state index contributed by atoms with van der Waals surface area (Å²) < 4.78 is 0. The SMILES string of the molecule is C/C=C(\C=C/CC(=O)NCc1ccccn1)Sc1ccccc1C(=NC)c1ccccn1. The zero-order valence-corrected chi connectivity index (χ0v) is 19.0. The number of nitrogens with zero attached hydrogens (tertiary/aromatic N) is 3. The lowest BCUT2D eigenvalue weighted by Gasteiger charge is -2.11. The maximum Gasteiger partial charge on any atom is 0.224 e. The van der Waals surface area contributed by atoms with E-state index in [-0.39, 0.29) is 5.91 Å². The molecule has 0 bridgehead atoms. The van der Waals surface area contributed by atoms with Crippen molar-refractivity contribution in [1.29, 1.82) is 0 Å². The molecule has 0 saturated carbocycles. The molecule has 0 radical (unpaired) electrons.